The lowest BCUT2D eigenvalue weighted by Crippen LogP contribution is -1.96. The van der Waals surface area contributed by atoms with Crippen LogP contribution in [0.3, 0.4) is 0 Å². The SMILES string of the molecule is Cc1oc(C(=O)O)cc1COc1cccc(Cl)c1Cl. The fraction of sp³-hybridized carbons (Fsp3) is 0.154. The van der Waals surface area contributed by atoms with Crippen molar-refractivity contribution in [2.75, 3.05) is 0 Å². The standard InChI is InChI=1S/C13H10Cl2O4/c1-7-8(5-11(19-7)13(16)17)6-18-10-4-2-3-9(14)12(10)15/h2-5H,6H2,1H3,(H,16,17). The summed E-state index contributed by atoms with van der Waals surface area (Å²) >= 11 is 11.8. The Balaban J connectivity index is 2.14. The van der Waals surface area contributed by atoms with E-state index in [1.165, 1.54) is 6.07 Å². The van der Waals surface area contributed by atoms with E-state index >= 15 is 0 Å². The Bertz CT molecular complexity index is 619. The highest BCUT2D eigenvalue weighted by Crippen LogP contribution is 2.32. The van der Waals surface area contributed by atoms with Crippen LogP contribution in [0.15, 0.2) is 28.7 Å². The van der Waals surface area contributed by atoms with Crippen LogP contribution in [0.5, 0.6) is 5.75 Å². The maximum Gasteiger partial charge on any atom is 0.371 e. The van der Waals surface area contributed by atoms with Crippen LogP contribution in [0, 0.1) is 6.92 Å². The predicted octanol–water partition coefficient (Wildman–Crippen LogP) is 4.17. The highest BCUT2D eigenvalue weighted by atomic mass is 35.5. The largest absolute Gasteiger partial charge is 0.487 e. The number of aryl methyl sites for hydroxylation is 1. The van der Waals surface area contributed by atoms with Gasteiger partial charge in [0.05, 0.1) is 5.02 Å². The van der Waals surface area contributed by atoms with E-state index in [0.717, 1.165) is 0 Å². The van der Waals surface area contributed by atoms with Crippen molar-refractivity contribution >= 4 is 29.2 Å². The van der Waals surface area contributed by atoms with Gasteiger partial charge >= 0.3 is 5.97 Å². The van der Waals surface area contributed by atoms with Gasteiger partial charge in [0, 0.05) is 5.56 Å². The van der Waals surface area contributed by atoms with Crippen molar-refractivity contribution in [3.8, 4) is 5.75 Å². The summed E-state index contributed by atoms with van der Waals surface area (Å²) in [7, 11) is 0. The van der Waals surface area contributed by atoms with Crippen molar-refractivity contribution in [1.82, 2.24) is 0 Å². The van der Waals surface area contributed by atoms with Crippen molar-refractivity contribution in [3.63, 3.8) is 0 Å². The first-order valence-electron chi connectivity index (χ1n) is 5.38. The van der Waals surface area contributed by atoms with E-state index in [1.807, 2.05) is 0 Å². The minimum absolute atomic E-state index is 0.117. The number of hydrogen-bond acceptors (Lipinski definition) is 3. The number of furan rings is 1. The molecule has 1 aromatic carbocycles. The number of carboxylic acids is 1. The van der Waals surface area contributed by atoms with E-state index in [-0.39, 0.29) is 12.4 Å². The monoisotopic (exact) mass is 300 g/mol. The topological polar surface area (TPSA) is 59.7 Å². The van der Waals surface area contributed by atoms with Gasteiger partial charge in [0.25, 0.3) is 0 Å². The lowest BCUT2D eigenvalue weighted by molar-refractivity contribution is 0.0661. The molecule has 2 rings (SSSR count). The van der Waals surface area contributed by atoms with E-state index in [9.17, 15) is 4.79 Å². The van der Waals surface area contributed by atoms with Gasteiger partial charge in [-0.1, -0.05) is 29.3 Å². The third kappa shape index (κ3) is 3.03. The van der Waals surface area contributed by atoms with Crippen LogP contribution < -0.4 is 4.74 Å². The van der Waals surface area contributed by atoms with Crippen LogP contribution in [-0.2, 0) is 6.61 Å². The second kappa shape index (κ2) is 5.55. The fourth-order valence-corrected chi connectivity index (χ4v) is 1.87. The van der Waals surface area contributed by atoms with Crippen LogP contribution in [0.25, 0.3) is 0 Å². The van der Waals surface area contributed by atoms with E-state index in [1.54, 1.807) is 25.1 Å². The Hall–Kier alpha value is -1.65. The molecule has 0 spiro atoms. The van der Waals surface area contributed by atoms with Gasteiger partial charge < -0.3 is 14.3 Å². The number of hydrogen-bond donors (Lipinski definition) is 1. The lowest BCUT2D eigenvalue weighted by Gasteiger charge is -2.07. The Morgan fingerprint density at radius 2 is 2.16 bits per heavy atom. The highest BCUT2D eigenvalue weighted by Gasteiger charge is 2.14. The van der Waals surface area contributed by atoms with E-state index < -0.39 is 5.97 Å². The molecule has 6 heteroatoms. The number of carbonyl (C=O) groups is 1. The minimum atomic E-state index is -1.12. The number of aromatic carboxylic acids is 1. The van der Waals surface area contributed by atoms with Crippen LogP contribution >= 0.6 is 23.2 Å². The van der Waals surface area contributed by atoms with Gasteiger partial charge in [-0.2, -0.15) is 0 Å². The molecule has 100 valence electrons. The lowest BCUT2D eigenvalue weighted by atomic mass is 10.2. The second-order valence-corrected chi connectivity index (χ2v) is 4.62. The molecule has 0 aliphatic carbocycles. The average molecular weight is 301 g/mol. The molecule has 19 heavy (non-hydrogen) atoms. The zero-order chi connectivity index (χ0) is 14.0. The molecule has 4 nitrogen and oxygen atoms in total. The summed E-state index contributed by atoms with van der Waals surface area (Å²) in [4.78, 5) is 10.8. The Morgan fingerprint density at radius 1 is 1.42 bits per heavy atom. The van der Waals surface area contributed by atoms with Gasteiger partial charge in [0.1, 0.15) is 23.1 Å². The van der Waals surface area contributed by atoms with E-state index in [4.69, 9.17) is 37.5 Å². The van der Waals surface area contributed by atoms with Gasteiger partial charge in [-0.25, -0.2) is 4.79 Å². The Labute approximate surface area is 119 Å². The number of benzene rings is 1. The third-order valence-corrected chi connectivity index (χ3v) is 3.33. The van der Waals surface area contributed by atoms with Gasteiger partial charge in [0.2, 0.25) is 5.76 Å². The molecule has 0 aliphatic rings. The molecule has 0 atom stereocenters. The van der Waals surface area contributed by atoms with Crippen molar-refractivity contribution in [2.45, 2.75) is 13.5 Å². The second-order valence-electron chi connectivity index (χ2n) is 3.84. The summed E-state index contributed by atoms with van der Waals surface area (Å²) in [5.74, 6) is -0.300. The first-order valence-corrected chi connectivity index (χ1v) is 6.14. The van der Waals surface area contributed by atoms with Crippen molar-refractivity contribution in [2.24, 2.45) is 0 Å². The van der Waals surface area contributed by atoms with Crippen molar-refractivity contribution in [3.05, 3.63) is 51.4 Å². The number of ether oxygens (including phenoxy) is 1. The zero-order valence-electron chi connectivity index (χ0n) is 9.94. The van der Waals surface area contributed by atoms with Crippen LogP contribution in [0.4, 0.5) is 0 Å². The van der Waals surface area contributed by atoms with Gasteiger partial charge in [-0.15, -0.1) is 0 Å². The molecule has 1 heterocycles. The van der Waals surface area contributed by atoms with Gasteiger partial charge in [-0.3, -0.25) is 0 Å². The van der Waals surface area contributed by atoms with Crippen molar-refractivity contribution in [1.29, 1.82) is 0 Å². The summed E-state index contributed by atoms with van der Waals surface area (Å²) in [5.41, 5.74) is 0.647. The molecular formula is C13H10Cl2O4. The molecule has 1 N–H and O–H groups in total. The molecular weight excluding hydrogens is 291 g/mol. The molecule has 0 bridgehead atoms. The molecule has 0 fully saturated rings. The minimum Gasteiger partial charge on any atom is -0.487 e. The molecule has 1 aromatic heterocycles. The van der Waals surface area contributed by atoms with Crippen LogP contribution in [0.1, 0.15) is 21.9 Å². The molecule has 0 saturated heterocycles. The number of halogens is 2. The number of carboxylic acid groups (broad SMARTS) is 1. The molecule has 2 aromatic rings. The summed E-state index contributed by atoms with van der Waals surface area (Å²) in [5, 5.41) is 9.54. The average Bonchev–Trinajstić information content (AvgIpc) is 2.73. The normalized spacial score (nSPS) is 10.5. The molecule has 0 radical (unpaired) electrons. The molecule has 0 unspecified atom stereocenters. The molecule has 0 saturated carbocycles. The van der Waals surface area contributed by atoms with Gasteiger partial charge in [-0.05, 0) is 25.1 Å². The third-order valence-electron chi connectivity index (χ3n) is 2.53. The zero-order valence-corrected chi connectivity index (χ0v) is 11.5. The maximum atomic E-state index is 10.8. The predicted molar refractivity (Wildman–Crippen MR) is 71.2 cm³/mol. The smallest absolute Gasteiger partial charge is 0.371 e. The number of rotatable bonds is 4. The summed E-state index contributed by atoms with van der Waals surface area (Å²) in [6.45, 7) is 1.83. The maximum absolute atomic E-state index is 10.8. The van der Waals surface area contributed by atoms with Gasteiger partial charge in [0.15, 0.2) is 0 Å². The summed E-state index contributed by atoms with van der Waals surface area (Å²) < 4.78 is 10.6. The van der Waals surface area contributed by atoms with E-state index in [0.29, 0.717) is 27.1 Å². The Morgan fingerprint density at radius 3 is 2.79 bits per heavy atom. The quantitative estimate of drug-likeness (QED) is 0.920. The van der Waals surface area contributed by atoms with Crippen molar-refractivity contribution < 1.29 is 19.1 Å². The summed E-state index contributed by atoms with van der Waals surface area (Å²) in [6, 6.07) is 6.48. The molecule has 0 amide bonds. The fourth-order valence-electron chi connectivity index (χ4n) is 1.52. The van der Waals surface area contributed by atoms with Crippen LogP contribution in [0.2, 0.25) is 10.0 Å². The summed E-state index contributed by atoms with van der Waals surface area (Å²) in [6.07, 6.45) is 0. The van der Waals surface area contributed by atoms with Crippen LogP contribution in [-0.4, -0.2) is 11.1 Å². The first kappa shape index (κ1) is 13.8. The van der Waals surface area contributed by atoms with E-state index in [2.05, 4.69) is 0 Å². The molecule has 0 aliphatic heterocycles. The first-order chi connectivity index (χ1) is 8.99. The highest BCUT2D eigenvalue weighted by molar-refractivity contribution is 6.42. The Kier molecular flexibility index (Phi) is 4.02.